The second kappa shape index (κ2) is 22.2. The zero-order valence-corrected chi connectivity index (χ0v) is 31.8. The summed E-state index contributed by atoms with van der Waals surface area (Å²) >= 11 is 0. The minimum Gasteiger partial charge on any atom is -0.464 e. The molecule has 0 radical (unpaired) electrons. The number of anilines is 1. The third-order valence-electron chi connectivity index (χ3n) is 8.26. The minimum absolute atomic E-state index is 0.0672. The molecule has 2 rings (SSSR count). The number of ether oxygens (including phenoxy) is 4. The highest BCUT2D eigenvalue weighted by Gasteiger charge is 2.55. The molecule has 4 unspecified atom stereocenters. The van der Waals surface area contributed by atoms with Crippen LogP contribution in [0.15, 0.2) is 95.2 Å². The van der Waals surface area contributed by atoms with Gasteiger partial charge in [0.15, 0.2) is 12.8 Å². The Hall–Kier alpha value is -5.13. The van der Waals surface area contributed by atoms with Crippen molar-refractivity contribution in [1.82, 2.24) is 20.3 Å². The third kappa shape index (κ3) is 12.8. The predicted octanol–water partition coefficient (Wildman–Crippen LogP) is 2.93. The molecule has 5 N–H and O–H groups in total. The number of nitrogens with zero attached hydrogens (tertiary/aromatic N) is 3. The highest BCUT2D eigenvalue weighted by Crippen LogP contribution is 2.28. The normalized spacial score (nSPS) is 18.7. The fourth-order valence-electron chi connectivity index (χ4n) is 5.03. The number of allylic oxidation sites excluding steroid dienone is 11. The lowest BCUT2D eigenvalue weighted by molar-refractivity contribution is -0.246. The van der Waals surface area contributed by atoms with Crippen molar-refractivity contribution in [3.63, 3.8) is 0 Å². The average molecular weight is 756 g/mol. The SMILES string of the molecule is CCOC(=O)C(C(C)OC)N(C)C(=O)C1(N(O)C(=O)/C=C/C=C/C=C/C=C\CNC(=O)C(C)(C)C(O)\C(C)=C/C=C\C=C\Cc2cnc(N)o2)COCO1. The van der Waals surface area contributed by atoms with Crippen molar-refractivity contribution in [2.45, 2.75) is 65.0 Å². The molecule has 1 aliphatic heterocycles. The lowest BCUT2D eigenvalue weighted by atomic mass is 9.81. The van der Waals surface area contributed by atoms with E-state index < -0.39 is 53.8 Å². The summed E-state index contributed by atoms with van der Waals surface area (Å²) in [6.07, 6.45) is 21.6. The number of aliphatic hydroxyl groups excluding tert-OH is 1. The first kappa shape index (κ1) is 45.0. The van der Waals surface area contributed by atoms with Crippen LogP contribution in [0.1, 0.15) is 40.4 Å². The van der Waals surface area contributed by atoms with Gasteiger partial charge < -0.3 is 44.4 Å². The molecule has 0 saturated carbocycles. The number of carbonyl (C=O) groups is 4. The second-order valence-corrected chi connectivity index (χ2v) is 12.6. The molecule has 1 aromatic heterocycles. The Morgan fingerprint density at radius 3 is 2.35 bits per heavy atom. The van der Waals surface area contributed by atoms with E-state index in [1.165, 1.54) is 26.3 Å². The summed E-state index contributed by atoms with van der Waals surface area (Å²) in [5.41, 5.74) is 2.74. The van der Waals surface area contributed by atoms with E-state index in [2.05, 4.69) is 10.3 Å². The quantitative estimate of drug-likeness (QED) is 0.0496. The first-order valence-corrected chi connectivity index (χ1v) is 17.2. The summed E-state index contributed by atoms with van der Waals surface area (Å²) < 4.78 is 26.1. The molecule has 54 heavy (non-hydrogen) atoms. The molecule has 0 bridgehead atoms. The lowest BCUT2D eigenvalue weighted by Crippen LogP contribution is -2.64. The van der Waals surface area contributed by atoms with Crippen molar-refractivity contribution in [3.05, 3.63) is 96.5 Å². The standard InChI is InChI=1S/C38H53N5O11/c1-8-52-33(46)31(28(3)50-7)42(6)35(48)38(25-51-26-53-38)43(49)30(44)22-18-12-10-9-11-15-19-23-40-34(47)37(4,5)32(45)27(2)20-16-13-14-17-21-29-24-41-36(39)54-29/h9-20,22,24,28,31-32,45,49H,8,21,23,25-26H2,1-7H3,(H2,39,41)(H,40,47)/b11-9+,12-10+,16-13-,17-14+,19-15-,22-18+,27-20-. The van der Waals surface area contributed by atoms with Crippen LogP contribution in [0.5, 0.6) is 0 Å². The Morgan fingerprint density at radius 2 is 1.74 bits per heavy atom. The summed E-state index contributed by atoms with van der Waals surface area (Å²) in [6, 6.07) is -1.07. The van der Waals surface area contributed by atoms with Crippen LogP contribution in [0.25, 0.3) is 0 Å². The van der Waals surface area contributed by atoms with E-state index in [1.807, 2.05) is 12.2 Å². The third-order valence-corrected chi connectivity index (χ3v) is 8.26. The Bertz CT molecular complexity index is 1620. The molecule has 0 aliphatic carbocycles. The molecule has 16 heteroatoms. The first-order valence-electron chi connectivity index (χ1n) is 17.2. The monoisotopic (exact) mass is 755 g/mol. The zero-order chi connectivity index (χ0) is 40.3. The van der Waals surface area contributed by atoms with Gasteiger partial charge >= 0.3 is 5.97 Å². The maximum atomic E-state index is 13.5. The van der Waals surface area contributed by atoms with Gasteiger partial charge in [-0.3, -0.25) is 19.6 Å². The molecule has 2 heterocycles. The number of methoxy groups -OCH3 is 1. The number of oxazole rings is 1. The molecule has 1 fully saturated rings. The van der Waals surface area contributed by atoms with Crippen LogP contribution in [0.3, 0.4) is 0 Å². The number of nitrogens with two attached hydrogens (primary N) is 1. The topological polar surface area (TPSA) is 216 Å². The van der Waals surface area contributed by atoms with Crippen LogP contribution < -0.4 is 11.1 Å². The molecule has 0 spiro atoms. The largest absolute Gasteiger partial charge is 0.464 e. The van der Waals surface area contributed by atoms with Gasteiger partial charge in [0.05, 0.1) is 30.4 Å². The summed E-state index contributed by atoms with van der Waals surface area (Å²) in [5.74, 6) is -2.31. The number of aliphatic hydroxyl groups is 1. The van der Waals surface area contributed by atoms with Gasteiger partial charge in [-0.2, -0.15) is 5.06 Å². The van der Waals surface area contributed by atoms with Crippen molar-refractivity contribution < 1.29 is 52.9 Å². The van der Waals surface area contributed by atoms with Crippen molar-refractivity contribution >= 4 is 29.7 Å². The van der Waals surface area contributed by atoms with Gasteiger partial charge in [0, 0.05) is 33.2 Å². The van der Waals surface area contributed by atoms with E-state index in [1.54, 1.807) is 89.4 Å². The van der Waals surface area contributed by atoms with E-state index in [0.29, 0.717) is 17.8 Å². The number of hydrogen-bond donors (Lipinski definition) is 4. The average Bonchev–Trinajstić information content (AvgIpc) is 3.82. The van der Waals surface area contributed by atoms with Crippen LogP contribution in [0.4, 0.5) is 6.01 Å². The maximum absolute atomic E-state index is 13.5. The molecule has 16 nitrogen and oxygen atoms in total. The number of nitrogen functional groups attached to an aromatic ring is 1. The van der Waals surface area contributed by atoms with Crippen molar-refractivity contribution in [3.8, 4) is 0 Å². The molecule has 1 aromatic rings. The number of likely N-dealkylation sites (N-methyl/N-ethyl adjacent to an activating group) is 1. The van der Waals surface area contributed by atoms with E-state index in [9.17, 15) is 29.5 Å². The van der Waals surface area contributed by atoms with Gasteiger partial charge in [-0.05, 0) is 40.2 Å². The van der Waals surface area contributed by atoms with Gasteiger partial charge in [0.1, 0.15) is 12.4 Å². The van der Waals surface area contributed by atoms with Crippen LogP contribution >= 0.6 is 0 Å². The van der Waals surface area contributed by atoms with Crippen LogP contribution in [0, 0.1) is 5.41 Å². The van der Waals surface area contributed by atoms with Gasteiger partial charge in [0.25, 0.3) is 23.6 Å². The van der Waals surface area contributed by atoms with Gasteiger partial charge in [0.2, 0.25) is 5.91 Å². The number of rotatable bonds is 20. The van der Waals surface area contributed by atoms with Crippen LogP contribution in [-0.4, -0.2) is 114 Å². The minimum atomic E-state index is -2.24. The number of nitrogens with one attached hydrogen (secondary N) is 1. The summed E-state index contributed by atoms with van der Waals surface area (Å²) in [7, 11) is 2.67. The fourth-order valence-corrected chi connectivity index (χ4v) is 5.03. The van der Waals surface area contributed by atoms with E-state index >= 15 is 0 Å². The lowest BCUT2D eigenvalue weighted by Gasteiger charge is -2.38. The smallest absolute Gasteiger partial charge is 0.331 e. The Balaban J connectivity index is 1.87. The highest BCUT2D eigenvalue weighted by molar-refractivity contribution is 5.95. The van der Waals surface area contributed by atoms with Gasteiger partial charge in [-0.1, -0.05) is 72.9 Å². The summed E-state index contributed by atoms with van der Waals surface area (Å²) in [4.78, 5) is 56.7. The number of hydrogen-bond acceptors (Lipinski definition) is 13. The molecule has 1 saturated heterocycles. The molecular weight excluding hydrogens is 702 g/mol. The molecule has 3 amide bonds. The van der Waals surface area contributed by atoms with Crippen LogP contribution in [-0.2, 0) is 44.5 Å². The molecule has 0 aromatic carbocycles. The predicted molar refractivity (Wildman–Crippen MR) is 199 cm³/mol. The highest BCUT2D eigenvalue weighted by atomic mass is 16.8. The molecule has 4 atom stereocenters. The second-order valence-electron chi connectivity index (χ2n) is 12.6. The fraction of sp³-hybridized carbons (Fsp3) is 0.447. The maximum Gasteiger partial charge on any atom is 0.331 e. The molecule has 1 aliphatic rings. The van der Waals surface area contributed by atoms with Crippen LogP contribution in [0.2, 0.25) is 0 Å². The van der Waals surface area contributed by atoms with Crippen molar-refractivity contribution in [1.29, 1.82) is 0 Å². The molecule has 296 valence electrons. The van der Waals surface area contributed by atoms with Crippen molar-refractivity contribution in [2.75, 3.05) is 46.4 Å². The molecular formula is C38H53N5O11. The van der Waals surface area contributed by atoms with Gasteiger partial charge in [-0.25, -0.2) is 9.78 Å². The Labute approximate surface area is 315 Å². The Kier molecular flexibility index (Phi) is 18.5. The van der Waals surface area contributed by atoms with Gasteiger partial charge in [-0.15, -0.1) is 0 Å². The summed E-state index contributed by atoms with van der Waals surface area (Å²) in [5, 5.41) is 24.5. The number of aromatic nitrogens is 1. The number of carbonyl (C=O) groups excluding carboxylic acids is 4. The van der Waals surface area contributed by atoms with E-state index in [-0.39, 0.29) is 36.9 Å². The van der Waals surface area contributed by atoms with E-state index in [4.69, 9.17) is 29.1 Å². The number of amides is 3. The van der Waals surface area contributed by atoms with E-state index in [0.717, 1.165) is 11.0 Å². The zero-order valence-electron chi connectivity index (χ0n) is 31.8. The summed E-state index contributed by atoms with van der Waals surface area (Å²) in [6.45, 7) is 7.69. The van der Waals surface area contributed by atoms with Crippen molar-refractivity contribution in [2.24, 2.45) is 5.41 Å². The number of esters is 1. The number of hydroxylamine groups is 2. The Morgan fingerprint density at radius 1 is 1.09 bits per heavy atom. The first-order chi connectivity index (χ1) is 25.6.